The van der Waals surface area contributed by atoms with Gasteiger partial charge in [-0.25, -0.2) is 13.8 Å². The van der Waals surface area contributed by atoms with E-state index in [2.05, 4.69) is 10.3 Å². The van der Waals surface area contributed by atoms with Crippen LogP contribution in [0, 0.1) is 0 Å². The summed E-state index contributed by atoms with van der Waals surface area (Å²) >= 11 is 0. The number of halogens is 2. The van der Waals surface area contributed by atoms with Crippen molar-refractivity contribution in [3.05, 3.63) is 24.4 Å². The Morgan fingerprint density at radius 1 is 1.39 bits per heavy atom. The normalized spacial score (nSPS) is 18.1. The summed E-state index contributed by atoms with van der Waals surface area (Å²) in [6.45, 7) is 2.07. The van der Waals surface area contributed by atoms with E-state index in [9.17, 15) is 18.4 Å². The summed E-state index contributed by atoms with van der Waals surface area (Å²) in [5.41, 5.74) is 6.58. The topological polar surface area (TPSA) is 112 Å². The third kappa shape index (κ3) is 4.31. The molecule has 0 spiro atoms. The largest absolute Gasteiger partial charge is 0.491 e. The van der Waals surface area contributed by atoms with Crippen LogP contribution in [-0.4, -0.2) is 59.7 Å². The van der Waals surface area contributed by atoms with Crippen molar-refractivity contribution in [3.63, 3.8) is 0 Å². The second-order valence-electron chi connectivity index (χ2n) is 7.43. The number of benzene rings is 1. The maximum absolute atomic E-state index is 13.2. The highest BCUT2D eigenvalue weighted by atomic mass is 19.3. The summed E-state index contributed by atoms with van der Waals surface area (Å²) < 4.78 is 39.1. The number of anilines is 2. The number of aromatic nitrogens is 2. The molecular weight excluding hydrogens is 412 g/mol. The van der Waals surface area contributed by atoms with Crippen molar-refractivity contribution >= 4 is 23.3 Å². The molecule has 11 heteroatoms. The summed E-state index contributed by atoms with van der Waals surface area (Å²) in [7, 11) is 0. The number of primary amides is 1. The van der Waals surface area contributed by atoms with E-state index in [1.165, 1.54) is 0 Å². The molecule has 1 aromatic heterocycles. The second kappa shape index (κ2) is 8.50. The first kappa shape index (κ1) is 21.0. The zero-order chi connectivity index (χ0) is 22.1. The van der Waals surface area contributed by atoms with Crippen molar-refractivity contribution in [2.24, 2.45) is 5.73 Å². The minimum Gasteiger partial charge on any atom is -0.491 e. The molecule has 0 aliphatic carbocycles. The second-order valence-corrected chi connectivity index (χ2v) is 7.43. The summed E-state index contributed by atoms with van der Waals surface area (Å²) in [5.74, 6) is 0.157. The lowest BCUT2D eigenvalue weighted by atomic mass is 10.1. The molecule has 9 nitrogen and oxygen atoms in total. The summed E-state index contributed by atoms with van der Waals surface area (Å²) in [6.07, 6.45) is -1.34. The minimum absolute atomic E-state index is 0.146. The van der Waals surface area contributed by atoms with Crippen LogP contribution in [0.1, 0.15) is 13.3 Å². The highest BCUT2D eigenvalue weighted by Gasteiger charge is 2.34. The number of nitrogens with one attached hydrogen (secondary N) is 1. The molecule has 31 heavy (non-hydrogen) atoms. The Balaban J connectivity index is 1.66. The third-order valence-electron chi connectivity index (χ3n) is 5.22. The molecule has 2 aliphatic heterocycles. The number of imidazole rings is 1. The molecule has 0 saturated carbocycles. The third-order valence-corrected chi connectivity index (χ3v) is 5.22. The number of alkyl halides is 2. The van der Waals surface area contributed by atoms with E-state index >= 15 is 0 Å². The van der Waals surface area contributed by atoms with Crippen LogP contribution in [0.15, 0.2) is 24.4 Å². The SMILES string of the molecule is CC(Nc1ccc2c(c1)OCCn1cc(N(CC(F)F)C(=O)[C@H]3CCO3)nc1-2)C(N)=O. The molecule has 2 aliphatic rings. The molecule has 1 unspecified atom stereocenters. The molecule has 166 valence electrons. The maximum Gasteiger partial charge on any atom is 0.257 e. The first-order chi connectivity index (χ1) is 14.8. The van der Waals surface area contributed by atoms with Crippen molar-refractivity contribution < 1.29 is 27.8 Å². The Morgan fingerprint density at radius 3 is 2.81 bits per heavy atom. The lowest BCUT2D eigenvalue weighted by Crippen LogP contribution is -2.47. The van der Waals surface area contributed by atoms with Gasteiger partial charge in [-0.15, -0.1) is 0 Å². The van der Waals surface area contributed by atoms with E-state index in [0.29, 0.717) is 49.0 Å². The average molecular weight is 435 g/mol. The molecule has 3 heterocycles. The zero-order valence-electron chi connectivity index (χ0n) is 16.9. The first-order valence-corrected chi connectivity index (χ1v) is 9.95. The van der Waals surface area contributed by atoms with Gasteiger partial charge in [-0.1, -0.05) is 0 Å². The van der Waals surface area contributed by atoms with Crippen LogP contribution in [-0.2, 0) is 20.9 Å². The smallest absolute Gasteiger partial charge is 0.257 e. The Labute approximate surface area is 177 Å². The highest BCUT2D eigenvalue weighted by molar-refractivity contribution is 5.96. The maximum atomic E-state index is 13.2. The van der Waals surface area contributed by atoms with E-state index in [-0.39, 0.29) is 5.82 Å². The molecule has 3 N–H and O–H groups in total. The number of carbonyl (C=O) groups is 2. The van der Waals surface area contributed by atoms with Gasteiger partial charge in [0, 0.05) is 24.4 Å². The van der Waals surface area contributed by atoms with Gasteiger partial charge in [-0.2, -0.15) is 0 Å². The number of carbonyl (C=O) groups excluding carboxylic acids is 2. The van der Waals surface area contributed by atoms with Crippen molar-refractivity contribution in [3.8, 4) is 17.1 Å². The fourth-order valence-electron chi connectivity index (χ4n) is 3.45. The van der Waals surface area contributed by atoms with Crippen LogP contribution in [0.25, 0.3) is 11.4 Å². The van der Waals surface area contributed by atoms with Crippen LogP contribution in [0.3, 0.4) is 0 Å². The lowest BCUT2D eigenvalue weighted by molar-refractivity contribution is -0.142. The molecular formula is C20H23F2N5O4. The molecule has 1 fully saturated rings. The van der Waals surface area contributed by atoms with Crippen LogP contribution in [0.2, 0.25) is 0 Å². The van der Waals surface area contributed by atoms with Crippen LogP contribution in [0.5, 0.6) is 5.75 Å². The predicted molar refractivity (Wildman–Crippen MR) is 108 cm³/mol. The number of hydrogen-bond donors (Lipinski definition) is 2. The Hall–Kier alpha value is -3.21. The molecule has 2 atom stereocenters. The standard InChI is InChI=1S/C20H23F2N5O4/c1-11(18(23)28)24-12-2-3-13-15(8-12)31-7-5-26-10-17(25-19(13)26)27(9-16(21)22)20(29)14-4-6-30-14/h2-3,8,10-11,14,16,24H,4-7,9H2,1H3,(H2,23,28)/t11?,14-/m1/s1. The Bertz CT molecular complexity index is 992. The van der Waals surface area contributed by atoms with Gasteiger partial charge in [-0.3, -0.25) is 14.5 Å². The van der Waals surface area contributed by atoms with Crippen molar-refractivity contribution in [1.82, 2.24) is 9.55 Å². The van der Waals surface area contributed by atoms with Gasteiger partial charge < -0.3 is 25.1 Å². The predicted octanol–water partition coefficient (Wildman–Crippen LogP) is 1.62. The summed E-state index contributed by atoms with van der Waals surface area (Å²) in [5, 5.41) is 2.99. The zero-order valence-corrected chi connectivity index (χ0v) is 16.9. The summed E-state index contributed by atoms with van der Waals surface area (Å²) in [4.78, 5) is 29.4. The number of hydrogen-bond acceptors (Lipinski definition) is 6. The Morgan fingerprint density at radius 2 is 2.16 bits per heavy atom. The van der Waals surface area contributed by atoms with E-state index in [1.54, 1.807) is 35.9 Å². The van der Waals surface area contributed by atoms with E-state index in [1.807, 2.05) is 0 Å². The molecule has 2 aromatic rings. The Kier molecular flexibility index (Phi) is 5.77. The lowest BCUT2D eigenvalue weighted by Gasteiger charge is -2.30. The molecule has 0 radical (unpaired) electrons. The van der Waals surface area contributed by atoms with Crippen LogP contribution < -0.4 is 20.7 Å². The molecule has 4 rings (SSSR count). The van der Waals surface area contributed by atoms with Crippen molar-refractivity contribution in [2.45, 2.75) is 38.5 Å². The number of ether oxygens (including phenoxy) is 2. The minimum atomic E-state index is -2.71. The van der Waals surface area contributed by atoms with Gasteiger partial charge in [0.1, 0.15) is 30.3 Å². The van der Waals surface area contributed by atoms with Crippen LogP contribution >= 0.6 is 0 Å². The average Bonchev–Trinajstić information content (AvgIpc) is 3.00. The van der Waals surface area contributed by atoms with E-state index in [0.717, 1.165) is 4.90 Å². The van der Waals surface area contributed by atoms with E-state index in [4.69, 9.17) is 15.2 Å². The molecule has 1 aromatic carbocycles. The van der Waals surface area contributed by atoms with Crippen molar-refractivity contribution in [2.75, 3.05) is 30.0 Å². The number of nitrogens with zero attached hydrogens (tertiary/aromatic N) is 3. The molecule has 2 amide bonds. The fourth-order valence-corrected chi connectivity index (χ4v) is 3.45. The molecule has 0 bridgehead atoms. The highest BCUT2D eigenvalue weighted by Crippen LogP contribution is 2.36. The number of nitrogens with two attached hydrogens (primary N) is 1. The van der Waals surface area contributed by atoms with Gasteiger partial charge >= 0.3 is 0 Å². The number of amides is 2. The quantitative estimate of drug-likeness (QED) is 0.684. The van der Waals surface area contributed by atoms with Gasteiger partial charge in [-0.05, 0) is 19.1 Å². The van der Waals surface area contributed by atoms with Gasteiger partial charge in [0.05, 0.1) is 25.3 Å². The van der Waals surface area contributed by atoms with Gasteiger partial charge in [0.25, 0.3) is 12.3 Å². The van der Waals surface area contributed by atoms with Gasteiger partial charge in [0.15, 0.2) is 5.82 Å². The monoisotopic (exact) mass is 435 g/mol. The van der Waals surface area contributed by atoms with Crippen LogP contribution in [0.4, 0.5) is 20.3 Å². The van der Waals surface area contributed by atoms with Crippen molar-refractivity contribution in [1.29, 1.82) is 0 Å². The van der Waals surface area contributed by atoms with Gasteiger partial charge in [0.2, 0.25) is 5.91 Å². The molecule has 1 saturated heterocycles. The van der Waals surface area contributed by atoms with E-state index < -0.39 is 36.9 Å². The fraction of sp³-hybridized carbons (Fsp3) is 0.450. The number of rotatable bonds is 7. The summed E-state index contributed by atoms with van der Waals surface area (Å²) in [6, 6.07) is 4.66. The first-order valence-electron chi connectivity index (χ1n) is 9.95. The number of fused-ring (bicyclic) bond motifs is 3.